The minimum Gasteiger partial charge on any atom is -0.254 e. The van der Waals surface area contributed by atoms with Gasteiger partial charge in [0.15, 0.2) is 0 Å². The Balaban J connectivity index is 1.98. The van der Waals surface area contributed by atoms with Crippen LogP contribution < -0.4 is 10.4 Å². The van der Waals surface area contributed by atoms with Gasteiger partial charge in [-0.3, -0.25) is 4.98 Å². The van der Waals surface area contributed by atoms with E-state index in [1.807, 2.05) is 12.3 Å². The molecule has 0 aliphatic rings. The molecule has 0 saturated heterocycles. The summed E-state index contributed by atoms with van der Waals surface area (Å²) in [6.45, 7) is 14.5. The number of rotatable bonds is 3. The maximum Gasteiger partial charge on any atom is 0.0972 e. The van der Waals surface area contributed by atoms with E-state index in [0.717, 1.165) is 27.5 Å². The van der Waals surface area contributed by atoms with Crippen LogP contribution in [0.3, 0.4) is 0 Å². The Morgan fingerprint density at radius 1 is 0.643 bits per heavy atom. The number of hydrogen-bond donors (Lipinski definition) is 0. The highest BCUT2D eigenvalue weighted by atomic mass is 28.3. The number of pyridine rings is 2. The maximum absolute atomic E-state index is 5.09. The van der Waals surface area contributed by atoms with Gasteiger partial charge in [0, 0.05) is 17.0 Å². The fourth-order valence-corrected chi connectivity index (χ4v) is 6.02. The SMILES string of the molecule is C[Si](C)(C)c1cc(-c2ccc3ccc4cccnc4c3n2)cc([Si](C)(C)C)c1. The van der Waals surface area contributed by atoms with Crippen LogP contribution in [-0.4, -0.2) is 26.1 Å². The molecule has 0 fully saturated rings. The van der Waals surface area contributed by atoms with Gasteiger partial charge in [0.2, 0.25) is 0 Å². The number of nitrogens with zero attached hydrogens (tertiary/aromatic N) is 2. The molecule has 0 aliphatic carbocycles. The predicted molar refractivity (Wildman–Crippen MR) is 128 cm³/mol. The van der Waals surface area contributed by atoms with Gasteiger partial charge in [0.1, 0.15) is 0 Å². The van der Waals surface area contributed by atoms with Crippen molar-refractivity contribution in [3.8, 4) is 11.3 Å². The molecule has 4 aromatic rings. The van der Waals surface area contributed by atoms with Gasteiger partial charge in [-0.1, -0.05) is 92.1 Å². The van der Waals surface area contributed by atoms with Crippen molar-refractivity contribution in [2.24, 2.45) is 0 Å². The molecule has 4 heteroatoms. The summed E-state index contributed by atoms with van der Waals surface area (Å²) in [5, 5.41) is 5.31. The second kappa shape index (κ2) is 6.64. The van der Waals surface area contributed by atoms with Crippen molar-refractivity contribution in [1.82, 2.24) is 9.97 Å². The highest BCUT2D eigenvalue weighted by Crippen LogP contribution is 2.26. The molecule has 2 nitrogen and oxygen atoms in total. The first-order chi connectivity index (χ1) is 13.1. The highest BCUT2D eigenvalue weighted by Gasteiger charge is 2.23. The van der Waals surface area contributed by atoms with Crippen molar-refractivity contribution in [3.63, 3.8) is 0 Å². The van der Waals surface area contributed by atoms with Gasteiger partial charge in [0.25, 0.3) is 0 Å². The van der Waals surface area contributed by atoms with E-state index >= 15 is 0 Å². The number of hydrogen-bond acceptors (Lipinski definition) is 2. The fourth-order valence-electron chi connectivity index (χ4n) is 3.53. The van der Waals surface area contributed by atoms with E-state index < -0.39 is 16.1 Å². The Bertz CT molecular complexity index is 1150. The first-order valence-electron chi connectivity index (χ1n) is 9.94. The zero-order valence-corrected chi connectivity index (χ0v) is 19.7. The fraction of sp³-hybridized carbons (Fsp3) is 0.250. The molecular weight excluding hydrogens is 372 g/mol. The van der Waals surface area contributed by atoms with Crippen LogP contribution in [0, 0.1) is 0 Å². The third-order valence-corrected chi connectivity index (χ3v) is 9.43. The van der Waals surface area contributed by atoms with Gasteiger partial charge >= 0.3 is 0 Å². The summed E-state index contributed by atoms with van der Waals surface area (Å²) in [5.41, 5.74) is 4.26. The summed E-state index contributed by atoms with van der Waals surface area (Å²) < 4.78 is 0. The van der Waals surface area contributed by atoms with Gasteiger partial charge in [-0.05, 0) is 17.7 Å². The third-order valence-electron chi connectivity index (χ3n) is 5.39. The summed E-state index contributed by atoms with van der Waals surface area (Å²) in [5.74, 6) is 0. The lowest BCUT2D eigenvalue weighted by atomic mass is 10.1. The van der Waals surface area contributed by atoms with Gasteiger partial charge in [0.05, 0.1) is 32.9 Å². The van der Waals surface area contributed by atoms with E-state index in [1.165, 1.54) is 15.9 Å². The molecule has 0 bridgehead atoms. The van der Waals surface area contributed by atoms with Crippen LogP contribution in [0.15, 0.2) is 60.8 Å². The summed E-state index contributed by atoms with van der Waals surface area (Å²) in [4.78, 5) is 9.70. The van der Waals surface area contributed by atoms with Crippen LogP contribution in [-0.2, 0) is 0 Å². The van der Waals surface area contributed by atoms with E-state index in [-0.39, 0.29) is 0 Å². The lowest BCUT2D eigenvalue weighted by molar-refractivity contribution is 1.37. The molecule has 0 radical (unpaired) electrons. The topological polar surface area (TPSA) is 25.8 Å². The molecule has 0 atom stereocenters. The van der Waals surface area contributed by atoms with Crippen molar-refractivity contribution in [2.75, 3.05) is 0 Å². The third kappa shape index (κ3) is 3.54. The van der Waals surface area contributed by atoms with Crippen LogP contribution >= 0.6 is 0 Å². The largest absolute Gasteiger partial charge is 0.254 e. The molecule has 0 saturated carbocycles. The van der Waals surface area contributed by atoms with Crippen molar-refractivity contribution in [2.45, 2.75) is 39.3 Å². The molecule has 2 aromatic heterocycles. The Morgan fingerprint density at radius 3 is 1.82 bits per heavy atom. The maximum atomic E-state index is 5.09. The summed E-state index contributed by atoms with van der Waals surface area (Å²) >= 11 is 0. The Labute approximate surface area is 169 Å². The van der Waals surface area contributed by atoms with Crippen molar-refractivity contribution in [1.29, 1.82) is 0 Å². The van der Waals surface area contributed by atoms with E-state index in [9.17, 15) is 0 Å². The quantitative estimate of drug-likeness (QED) is 0.333. The molecule has 0 N–H and O–H groups in total. The predicted octanol–water partition coefficient (Wildman–Crippen LogP) is 5.54. The number of fused-ring (bicyclic) bond motifs is 3. The molecule has 0 unspecified atom stereocenters. The minimum absolute atomic E-state index is 0.980. The summed E-state index contributed by atoms with van der Waals surface area (Å²) in [6.07, 6.45) is 1.85. The van der Waals surface area contributed by atoms with Crippen molar-refractivity contribution in [3.05, 3.63) is 60.8 Å². The average Bonchev–Trinajstić information content (AvgIpc) is 2.65. The van der Waals surface area contributed by atoms with E-state index in [0.29, 0.717) is 0 Å². The monoisotopic (exact) mass is 400 g/mol. The highest BCUT2D eigenvalue weighted by molar-refractivity contribution is 6.91. The van der Waals surface area contributed by atoms with Gasteiger partial charge in [-0.15, -0.1) is 0 Å². The Hall–Kier alpha value is -2.31. The smallest absolute Gasteiger partial charge is 0.0972 e. The lowest BCUT2D eigenvalue weighted by Crippen LogP contribution is -2.45. The van der Waals surface area contributed by atoms with Gasteiger partial charge < -0.3 is 0 Å². The Morgan fingerprint density at radius 2 is 1.21 bits per heavy atom. The second-order valence-corrected chi connectivity index (χ2v) is 19.9. The molecule has 0 spiro atoms. The second-order valence-electron chi connectivity index (χ2n) is 9.71. The molecule has 0 aliphatic heterocycles. The van der Waals surface area contributed by atoms with Crippen LogP contribution in [0.2, 0.25) is 39.3 Å². The number of aromatic nitrogens is 2. The normalized spacial score (nSPS) is 12.6. The van der Waals surface area contributed by atoms with Crippen LogP contribution in [0.25, 0.3) is 33.1 Å². The van der Waals surface area contributed by atoms with Crippen molar-refractivity contribution >= 4 is 48.3 Å². The number of benzene rings is 2. The summed E-state index contributed by atoms with van der Waals surface area (Å²) in [7, 11) is -2.85. The van der Waals surface area contributed by atoms with Crippen molar-refractivity contribution < 1.29 is 0 Å². The molecule has 28 heavy (non-hydrogen) atoms. The molecule has 4 rings (SSSR count). The average molecular weight is 401 g/mol. The van der Waals surface area contributed by atoms with E-state index in [4.69, 9.17) is 4.98 Å². The van der Waals surface area contributed by atoms with E-state index in [2.05, 4.69) is 92.8 Å². The van der Waals surface area contributed by atoms with E-state index in [1.54, 1.807) is 0 Å². The molecule has 2 aromatic carbocycles. The summed E-state index contributed by atoms with van der Waals surface area (Å²) in [6, 6.07) is 19.9. The van der Waals surface area contributed by atoms with Crippen LogP contribution in [0.5, 0.6) is 0 Å². The Kier molecular flexibility index (Phi) is 4.51. The zero-order valence-electron chi connectivity index (χ0n) is 17.7. The van der Waals surface area contributed by atoms with Gasteiger partial charge in [-0.25, -0.2) is 4.98 Å². The lowest BCUT2D eigenvalue weighted by Gasteiger charge is -2.24. The van der Waals surface area contributed by atoms with Crippen LogP contribution in [0.4, 0.5) is 0 Å². The van der Waals surface area contributed by atoms with Crippen LogP contribution in [0.1, 0.15) is 0 Å². The first kappa shape index (κ1) is 19.0. The molecular formula is C24H28N2Si2. The molecule has 2 heterocycles. The first-order valence-corrected chi connectivity index (χ1v) is 16.9. The molecule has 0 amide bonds. The standard InChI is InChI=1S/C24H28N2Si2/c1-27(2,3)20-14-19(15-21(16-20)28(4,5)6)22-12-11-18-10-9-17-8-7-13-25-23(17)24(18)26-22/h7-16H,1-6H3. The van der Waals surface area contributed by atoms with Gasteiger partial charge in [-0.2, -0.15) is 0 Å². The molecule has 142 valence electrons. The minimum atomic E-state index is -1.42. The zero-order chi connectivity index (χ0) is 20.1.